The second-order valence-electron chi connectivity index (χ2n) is 9.11. The highest BCUT2D eigenvalue weighted by molar-refractivity contribution is 5.80. The number of amides is 2. The normalized spacial score (nSPS) is 21.1. The third-order valence-electron chi connectivity index (χ3n) is 7.02. The summed E-state index contributed by atoms with van der Waals surface area (Å²) < 4.78 is 27.5. The fourth-order valence-corrected chi connectivity index (χ4v) is 5.13. The van der Waals surface area contributed by atoms with Gasteiger partial charge >= 0.3 is 6.09 Å². The fourth-order valence-electron chi connectivity index (χ4n) is 5.13. The molecule has 0 radical (unpaired) electrons. The van der Waals surface area contributed by atoms with Crippen molar-refractivity contribution >= 4 is 17.8 Å². The van der Waals surface area contributed by atoms with Gasteiger partial charge in [0.05, 0.1) is 6.04 Å². The van der Waals surface area contributed by atoms with Crippen molar-refractivity contribution in [1.29, 1.82) is 0 Å². The number of rotatable bonds is 5. The lowest BCUT2D eigenvalue weighted by molar-refractivity contribution is -0.135. The number of carboxylic acid groups (broad SMARTS) is 1. The smallest absolute Gasteiger partial charge is 0.407 e. The molecule has 1 N–H and O–H groups in total. The third kappa shape index (κ3) is 4.83. The first-order valence-corrected chi connectivity index (χ1v) is 11.7. The monoisotopic (exact) mass is 472 g/mol. The topological polar surface area (TPSA) is 77.0 Å². The Bertz CT molecular complexity index is 1040. The van der Waals surface area contributed by atoms with Crippen LogP contribution in [0.1, 0.15) is 36.8 Å². The molecule has 0 spiro atoms. The summed E-state index contributed by atoms with van der Waals surface area (Å²) in [4.78, 5) is 34.9. The van der Waals surface area contributed by atoms with Crippen LogP contribution in [0.4, 0.5) is 19.4 Å². The Balaban J connectivity index is 1.48. The molecule has 0 bridgehead atoms. The maximum atomic E-state index is 14.0. The predicted octanol–water partition coefficient (Wildman–Crippen LogP) is 3.88. The lowest BCUT2D eigenvalue weighted by Crippen LogP contribution is -2.45. The largest absolute Gasteiger partial charge is 0.465 e. The molecule has 0 aliphatic carbocycles. The average molecular weight is 473 g/mol. The first kappa shape index (κ1) is 23.9. The molecule has 2 saturated heterocycles. The maximum Gasteiger partial charge on any atom is 0.407 e. The highest BCUT2D eigenvalue weighted by Gasteiger charge is 2.43. The summed E-state index contributed by atoms with van der Waals surface area (Å²) in [5.74, 6) is -1.62. The van der Waals surface area contributed by atoms with Crippen molar-refractivity contribution in [2.75, 3.05) is 37.6 Å². The van der Waals surface area contributed by atoms with Gasteiger partial charge in [-0.05, 0) is 56.0 Å². The van der Waals surface area contributed by atoms with Gasteiger partial charge in [-0.25, -0.2) is 18.6 Å². The Morgan fingerprint density at radius 3 is 2.44 bits per heavy atom. The van der Waals surface area contributed by atoms with E-state index < -0.39 is 29.7 Å². The number of halogens is 2. The zero-order valence-corrected chi connectivity index (χ0v) is 19.5. The van der Waals surface area contributed by atoms with Crippen LogP contribution in [0.3, 0.4) is 0 Å². The fraction of sp³-hybridized carbons (Fsp3) is 0.480. The summed E-state index contributed by atoms with van der Waals surface area (Å²) >= 11 is 0. The molecule has 2 aliphatic rings. The quantitative estimate of drug-likeness (QED) is 0.715. The van der Waals surface area contributed by atoms with Crippen LogP contribution in [0.25, 0.3) is 0 Å². The van der Waals surface area contributed by atoms with E-state index >= 15 is 0 Å². The van der Waals surface area contributed by atoms with Crippen molar-refractivity contribution in [3.8, 4) is 0 Å². The molecule has 182 valence electrons. The minimum absolute atomic E-state index is 0.00644. The number of aromatic nitrogens is 1. The number of likely N-dealkylation sites (tertiary alicyclic amines) is 1. The molecule has 34 heavy (non-hydrogen) atoms. The zero-order valence-electron chi connectivity index (χ0n) is 19.5. The number of carbonyl (C=O) groups excluding carboxylic acids is 1. The van der Waals surface area contributed by atoms with Gasteiger partial charge in [0.1, 0.15) is 5.82 Å². The molecule has 2 aliphatic heterocycles. The van der Waals surface area contributed by atoms with E-state index in [0.717, 1.165) is 23.5 Å². The Morgan fingerprint density at radius 2 is 1.85 bits per heavy atom. The number of piperidine rings is 1. The zero-order chi connectivity index (χ0) is 24.4. The van der Waals surface area contributed by atoms with Crippen LogP contribution < -0.4 is 4.90 Å². The van der Waals surface area contributed by atoms with Gasteiger partial charge < -0.3 is 19.8 Å². The number of hydrogen-bond acceptors (Lipinski definition) is 4. The van der Waals surface area contributed by atoms with Gasteiger partial charge in [-0.1, -0.05) is 12.1 Å². The molecule has 1 aromatic heterocycles. The summed E-state index contributed by atoms with van der Waals surface area (Å²) in [5.41, 5.74) is 1.59. The van der Waals surface area contributed by atoms with Crippen LogP contribution in [0, 0.1) is 24.5 Å². The number of pyridine rings is 1. The maximum absolute atomic E-state index is 14.0. The summed E-state index contributed by atoms with van der Waals surface area (Å²) in [6, 6.07) is 7.13. The van der Waals surface area contributed by atoms with E-state index in [1.807, 2.05) is 25.3 Å². The number of hydrogen-bond donors (Lipinski definition) is 1. The molecule has 0 saturated carbocycles. The molecular weight excluding hydrogens is 442 g/mol. The number of nitrogens with zero attached hydrogens (tertiary/aromatic N) is 4. The molecule has 2 fully saturated rings. The van der Waals surface area contributed by atoms with E-state index in [1.165, 1.54) is 11.0 Å². The molecule has 9 heteroatoms. The van der Waals surface area contributed by atoms with E-state index in [4.69, 9.17) is 0 Å². The van der Waals surface area contributed by atoms with Crippen LogP contribution in [0.15, 0.2) is 36.5 Å². The average Bonchev–Trinajstić information content (AvgIpc) is 3.26. The summed E-state index contributed by atoms with van der Waals surface area (Å²) in [6.45, 7) is 5.90. The summed E-state index contributed by atoms with van der Waals surface area (Å²) in [6.07, 6.45) is 2.11. The Labute approximate surface area is 198 Å². The lowest BCUT2D eigenvalue weighted by Gasteiger charge is -2.34. The molecule has 7 nitrogen and oxygen atoms in total. The van der Waals surface area contributed by atoms with Gasteiger partial charge in [0.25, 0.3) is 0 Å². The molecule has 2 aromatic rings. The van der Waals surface area contributed by atoms with Gasteiger partial charge in [0, 0.05) is 50.8 Å². The Kier molecular flexibility index (Phi) is 7.00. The molecule has 4 rings (SSSR count). The van der Waals surface area contributed by atoms with Gasteiger partial charge in [-0.3, -0.25) is 4.79 Å². The molecule has 2 atom stereocenters. The Morgan fingerprint density at radius 1 is 1.12 bits per heavy atom. The summed E-state index contributed by atoms with van der Waals surface area (Å²) in [7, 11) is 0. The van der Waals surface area contributed by atoms with E-state index in [1.54, 1.807) is 11.8 Å². The van der Waals surface area contributed by atoms with Crippen molar-refractivity contribution in [1.82, 2.24) is 14.8 Å². The highest BCUT2D eigenvalue weighted by atomic mass is 19.2. The van der Waals surface area contributed by atoms with Crippen LogP contribution in [0.2, 0.25) is 0 Å². The van der Waals surface area contributed by atoms with Crippen LogP contribution >= 0.6 is 0 Å². The van der Waals surface area contributed by atoms with Crippen molar-refractivity contribution in [2.45, 2.75) is 38.6 Å². The van der Waals surface area contributed by atoms with Crippen LogP contribution in [0.5, 0.6) is 0 Å². The number of carbonyl (C=O) groups is 2. The van der Waals surface area contributed by atoms with Gasteiger partial charge in [0.2, 0.25) is 5.91 Å². The second-order valence-corrected chi connectivity index (χ2v) is 9.11. The minimum atomic E-state index is -1.09. The number of anilines is 1. The Hall–Kier alpha value is -3.23. The van der Waals surface area contributed by atoms with Crippen molar-refractivity contribution in [2.24, 2.45) is 5.92 Å². The SMILES string of the molecule is CCN(C(=O)O)[C@@H]1CN(C(=O)C2CCN(c3ccc(C)cn3)CC2)C[C@H]1c1ccc(F)c(F)c1. The highest BCUT2D eigenvalue weighted by Crippen LogP contribution is 2.34. The number of likely N-dealkylation sites (N-methyl/N-ethyl adjacent to an activating group) is 1. The number of benzene rings is 1. The molecular formula is C25H30F2N4O3. The van der Waals surface area contributed by atoms with Crippen LogP contribution in [-0.4, -0.2) is 70.7 Å². The van der Waals surface area contributed by atoms with E-state index in [2.05, 4.69) is 9.88 Å². The van der Waals surface area contributed by atoms with Gasteiger partial charge in [-0.15, -0.1) is 0 Å². The van der Waals surface area contributed by atoms with E-state index in [-0.39, 0.29) is 31.5 Å². The van der Waals surface area contributed by atoms with E-state index in [9.17, 15) is 23.5 Å². The second kappa shape index (κ2) is 9.95. The van der Waals surface area contributed by atoms with Crippen molar-refractivity contribution < 1.29 is 23.5 Å². The first-order chi connectivity index (χ1) is 16.3. The van der Waals surface area contributed by atoms with E-state index in [0.29, 0.717) is 31.5 Å². The summed E-state index contributed by atoms with van der Waals surface area (Å²) in [5, 5.41) is 9.70. The van der Waals surface area contributed by atoms with Crippen molar-refractivity contribution in [3.63, 3.8) is 0 Å². The van der Waals surface area contributed by atoms with Gasteiger partial charge in [-0.2, -0.15) is 0 Å². The molecule has 0 unspecified atom stereocenters. The minimum Gasteiger partial charge on any atom is -0.465 e. The predicted molar refractivity (Wildman–Crippen MR) is 124 cm³/mol. The number of aryl methyl sites for hydroxylation is 1. The molecule has 1 aromatic carbocycles. The third-order valence-corrected chi connectivity index (χ3v) is 7.02. The van der Waals surface area contributed by atoms with Crippen LogP contribution in [-0.2, 0) is 4.79 Å². The van der Waals surface area contributed by atoms with Crippen molar-refractivity contribution in [3.05, 3.63) is 59.3 Å². The lowest BCUT2D eigenvalue weighted by atomic mass is 9.93. The van der Waals surface area contributed by atoms with Gasteiger partial charge in [0.15, 0.2) is 11.6 Å². The standard InChI is InChI=1S/C25H30F2N4O3/c1-3-31(25(33)34)22-15-30(14-19(22)18-5-6-20(26)21(27)12-18)24(32)17-8-10-29(11-9-17)23-7-4-16(2)13-28-23/h4-7,12-13,17,19,22H,3,8-11,14-15H2,1-2H3,(H,33,34)/t19-,22+/m0/s1. The molecule has 3 heterocycles. The first-order valence-electron chi connectivity index (χ1n) is 11.7. The molecule has 2 amide bonds.